The third-order valence-electron chi connectivity index (χ3n) is 1.96. The summed E-state index contributed by atoms with van der Waals surface area (Å²) in [5, 5.41) is 0.957. The highest BCUT2D eigenvalue weighted by Gasteiger charge is 1.98. The van der Waals surface area contributed by atoms with Gasteiger partial charge in [-0.25, -0.2) is 8.42 Å². The predicted octanol–water partition coefficient (Wildman–Crippen LogP) is 1.52. The van der Waals surface area contributed by atoms with Gasteiger partial charge in [0.25, 0.3) is 10.0 Å². The Morgan fingerprint density at radius 1 is 1.38 bits per heavy atom. The number of alkyl halides is 1. The first kappa shape index (κ1) is 13.4. The third-order valence-corrected chi connectivity index (χ3v) is 3.04. The van der Waals surface area contributed by atoms with Gasteiger partial charge < -0.3 is 4.57 Å². The summed E-state index contributed by atoms with van der Waals surface area (Å²) < 4.78 is 27.7. The lowest BCUT2D eigenvalue weighted by Crippen LogP contribution is -2.21. The quantitative estimate of drug-likeness (QED) is 0.612. The molecule has 0 saturated carbocycles. The summed E-state index contributed by atoms with van der Waals surface area (Å²) in [4.78, 5) is 0. The maximum absolute atomic E-state index is 11.1. The molecule has 0 amide bonds. The standard InChI is InChI=1S/C10H15BrN2O2S/c1-16(14,15)12-10-6-2-4-8-13(10)9-5-3-7-11/h2,4,6,8H,3,5,7,9H2,1H3/b12-10+. The average Bonchev–Trinajstić information content (AvgIpc) is 2.19. The van der Waals surface area contributed by atoms with Crippen LogP contribution in [0.4, 0.5) is 0 Å². The molecule has 0 saturated heterocycles. The predicted molar refractivity (Wildman–Crippen MR) is 67.9 cm³/mol. The zero-order valence-corrected chi connectivity index (χ0v) is 11.5. The Hall–Kier alpha value is -0.620. The second-order valence-electron chi connectivity index (χ2n) is 3.47. The smallest absolute Gasteiger partial charge is 0.252 e. The highest BCUT2D eigenvalue weighted by Crippen LogP contribution is 1.96. The summed E-state index contributed by atoms with van der Waals surface area (Å²) in [6.07, 6.45) is 4.99. The van der Waals surface area contributed by atoms with E-state index in [2.05, 4.69) is 20.3 Å². The summed E-state index contributed by atoms with van der Waals surface area (Å²) in [6, 6.07) is 5.36. The highest BCUT2D eigenvalue weighted by atomic mass is 79.9. The van der Waals surface area contributed by atoms with Crippen LogP contribution in [-0.4, -0.2) is 24.6 Å². The minimum absolute atomic E-state index is 0.486. The summed E-state index contributed by atoms with van der Waals surface area (Å²) in [6.45, 7) is 0.779. The molecule has 6 heteroatoms. The van der Waals surface area contributed by atoms with Crippen LogP contribution in [0.1, 0.15) is 12.8 Å². The van der Waals surface area contributed by atoms with Crippen LogP contribution in [0.3, 0.4) is 0 Å². The lowest BCUT2D eigenvalue weighted by molar-refractivity contribution is 0.592. The number of hydrogen-bond donors (Lipinski definition) is 0. The van der Waals surface area contributed by atoms with Crippen molar-refractivity contribution in [3.8, 4) is 0 Å². The Kier molecular flexibility index (Phi) is 5.21. The maximum atomic E-state index is 11.1. The van der Waals surface area contributed by atoms with E-state index < -0.39 is 10.0 Å². The normalized spacial score (nSPS) is 13.0. The lowest BCUT2D eigenvalue weighted by Gasteiger charge is -2.05. The van der Waals surface area contributed by atoms with E-state index in [1.807, 2.05) is 16.8 Å². The second kappa shape index (κ2) is 6.20. The molecule has 16 heavy (non-hydrogen) atoms. The average molecular weight is 307 g/mol. The summed E-state index contributed by atoms with van der Waals surface area (Å²) in [5.74, 6) is 0. The van der Waals surface area contributed by atoms with Crippen LogP contribution >= 0.6 is 15.9 Å². The Morgan fingerprint density at radius 3 is 2.75 bits per heavy atom. The number of aryl methyl sites for hydroxylation is 1. The lowest BCUT2D eigenvalue weighted by atomic mass is 10.3. The molecular formula is C10H15BrN2O2S. The first-order chi connectivity index (χ1) is 7.53. The van der Waals surface area contributed by atoms with E-state index in [9.17, 15) is 8.42 Å². The fraction of sp³-hybridized carbons (Fsp3) is 0.500. The molecule has 4 nitrogen and oxygen atoms in total. The third kappa shape index (κ3) is 4.94. The van der Waals surface area contributed by atoms with Crippen LogP contribution in [0.5, 0.6) is 0 Å². The zero-order valence-electron chi connectivity index (χ0n) is 9.13. The topological polar surface area (TPSA) is 51.4 Å². The van der Waals surface area contributed by atoms with E-state index in [4.69, 9.17) is 0 Å². The molecule has 0 atom stereocenters. The molecule has 0 aliphatic heterocycles. The Bertz CT molecular complexity index is 494. The van der Waals surface area contributed by atoms with Gasteiger partial charge in [0.1, 0.15) is 5.49 Å². The molecule has 0 aliphatic carbocycles. The summed E-state index contributed by atoms with van der Waals surface area (Å²) >= 11 is 3.36. The van der Waals surface area contributed by atoms with Gasteiger partial charge in [-0.05, 0) is 25.0 Å². The fourth-order valence-electron chi connectivity index (χ4n) is 1.29. The van der Waals surface area contributed by atoms with Crippen LogP contribution in [0, 0.1) is 0 Å². The van der Waals surface area contributed by atoms with Gasteiger partial charge in [0.15, 0.2) is 0 Å². The number of halogens is 1. The number of rotatable bonds is 5. The first-order valence-electron chi connectivity index (χ1n) is 5.00. The number of hydrogen-bond acceptors (Lipinski definition) is 2. The molecule has 0 N–H and O–H groups in total. The van der Waals surface area contributed by atoms with Crippen molar-refractivity contribution in [2.75, 3.05) is 11.6 Å². The van der Waals surface area contributed by atoms with Crippen molar-refractivity contribution >= 4 is 26.0 Å². The minimum Gasteiger partial charge on any atom is -0.332 e. The molecule has 1 aromatic heterocycles. The van der Waals surface area contributed by atoms with Crippen molar-refractivity contribution in [1.82, 2.24) is 4.57 Å². The molecular weight excluding hydrogens is 292 g/mol. The van der Waals surface area contributed by atoms with Crippen molar-refractivity contribution in [3.63, 3.8) is 0 Å². The van der Waals surface area contributed by atoms with Crippen molar-refractivity contribution < 1.29 is 8.42 Å². The van der Waals surface area contributed by atoms with Crippen molar-refractivity contribution in [1.29, 1.82) is 0 Å². The molecule has 0 aliphatic rings. The van der Waals surface area contributed by atoms with Crippen molar-refractivity contribution in [2.45, 2.75) is 19.4 Å². The Morgan fingerprint density at radius 2 is 2.12 bits per heavy atom. The first-order valence-corrected chi connectivity index (χ1v) is 7.97. The van der Waals surface area contributed by atoms with Gasteiger partial charge >= 0.3 is 0 Å². The molecule has 0 unspecified atom stereocenters. The van der Waals surface area contributed by atoms with Gasteiger partial charge in [-0.15, -0.1) is 4.40 Å². The largest absolute Gasteiger partial charge is 0.332 e. The minimum atomic E-state index is -3.34. The SMILES string of the molecule is CS(=O)(=O)/N=c1\ccccn1CCCCBr. The van der Waals surface area contributed by atoms with Crippen LogP contribution < -0.4 is 5.49 Å². The molecule has 90 valence electrons. The molecule has 0 bridgehead atoms. The van der Waals surface area contributed by atoms with Crippen molar-refractivity contribution in [2.24, 2.45) is 4.40 Å². The van der Waals surface area contributed by atoms with Crippen LogP contribution in [-0.2, 0) is 16.6 Å². The second-order valence-corrected chi connectivity index (χ2v) is 5.91. The van der Waals surface area contributed by atoms with E-state index in [0.717, 1.165) is 31.0 Å². The number of pyridine rings is 1. The van der Waals surface area contributed by atoms with Gasteiger partial charge in [0, 0.05) is 18.1 Å². The van der Waals surface area contributed by atoms with E-state index in [-0.39, 0.29) is 0 Å². The van der Waals surface area contributed by atoms with Gasteiger partial charge in [0.05, 0.1) is 6.26 Å². The number of nitrogens with zero attached hydrogens (tertiary/aromatic N) is 2. The molecule has 1 aromatic rings. The molecule has 0 aromatic carbocycles. The van der Waals surface area contributed by atoms with E-state index in [0.29, 0.717) is 5.49 Å². The van der Waals surface area contributed by atoms with Crippen LogP contribution in [0.2, 0.25) is 0 Å². The maximum Gasteiger partial charge on any atom is 0.252 e. The van der Waals surface area contributed by atoms with Crippen LogP contribution in [0.25, 0.3) is 0 Å². The van der Waals surface area contributed by atoms with E-state index in [1.165, 1.54) is 0 Å². The molecule has 0 fully saturated rings. The van der Waals surface area contributed by atoms with Gasteiger partial charge in [-0.2, -0.15) is 0 Å². The van der Waals surface area contributed by atoms with Gasteiger partial charge in [-0.3, -0.25) is 0 Å². The van der Waals surface area contributed by atoms with E-state index >= 15 is 0 Å². The number of sulfonamides is 1. The van der Waals surface area contributed by atoms with E-state index in [1.54, 1.807) is 12.1 Å². The molecule has 1 heterocycles. The van der Waals surface area contributed by atoms with Crippen molar-refractivity contribution in [3.05, 3.63) is 29.9 Å². The number of unbranched alkanes of at least 4 members (excludes halogenated alkanes) is 1. The van der Waals surface area contributed by atoms with Gasteiger partial charge in [-0.1, -0.05) is 22.0 Å². The van der Waals surface area contributed by atoms with Gasteiger partial charge in [0.2, 0.25) is 0 Å². The molecule has 1 rings (SSSR count). The number of aromatic nitrogens is 1. The summed E-state index contributed by atoms with van der Waals surface area (Å²) in [5.41, 5.74) is 0.486. The van der Waals surface area contributed by atoms with Crippen LogP contribution in [0.15, 0.2) is 28.8 Å². The monoisotopic (exact) mass is 306 g/mol. The highest BCUT2D eigenvalue weighted by molar-refractivity contribution is 9.09. The Balaban J connectivity index is 2.97. The fourth-order valence-corrected chi connectivity index (χ4v) is 2.19. The molecule has 0 radical (unpaired) electrons. The Labute approximate surface area is 104 Å². The summed E-state index contributed by atoms with van der Waals surface area (Å²) in [7, 11) is -3.34. The molecule has 0 spiro atoms. The zero-order chi connectivity index (χ0) is 12.0.